The lowest BCUT2D eigenvalue weighted by atomic mass is 10.1. The Morgan fingerprint density at radius 3 is 2.46 bits per heavy atom. The van der Waals surface area contributed by atoms with Gasteiger partial charge in [-0.3, -0.25) is 0 Å². The van der Waals surface area contributed by atoms with Crippen LogP contribution in [0, 0.1) is 0 Å². The molecule has 0 bridgehead atoms. The normalized spacial score (nSPS) is 10.9. The Labute approximate surface area is 169 Å². The van der Waals surface area contributed by atoms with Crippen molar-refractivity contribution in [2.45, 2.75) is 19.6 Å². The van der Waals surface area contributed by atoms with E-state index < -0.39 is 0 Å². The summed E-state index contributed by atoms with van der Waals surface area (Å²) >= 11 is 6.40. The summed E-state index contributed by atoms with van der Waals surface area (Å²) in [6.07, 6.45) is 2.65. The van der Waals surface area contributed by atoms with E-state index in [1.807, 2.05) is 66.7 Å². The molecule has 0 unspecified atom stereocenters. The highest BCUT2D eigenvalue weighted by molar-refractivity contribution is 6.31. The van der Waals surface area contributed by atoms with Crippen LogP contribution < -0.4 is 4.74 Å². The summed E-state index contributed by atoms with van der Waals surface area (Å²) in [5.41, 5.74) is 4.19. The van der Waals surface area contributed by atoms with Gasteiger partial charge in [-0.2, -0.15) is 0 Å². The van der Waals surface area contributed by atoms with Crippen molar-refractivity contribution in [1.29, 1.82) is 0 Å². The van der Waals surface area contributed by atoms with E-state index in [0.29, 0.717) is 13.2 Å². The van der Waals surface area contributed by atoms with Crippen LogP contribution in [0.15, 0.2) is 85.5 Å². The number of fused-ring (bicyclic) bond motifs is 1. The van der Waals surface area contributed by atoms with Gasteiger partial charge in [0, 0.05) is 5.02 Å². The Balaban J connectivity index is 1.67. The second-order valence-corrected chi connectivity index (χ2v) is 6.99. The number of ether oxygens (including phenoxy) is 1. The molecule has 0 atom stereocenters. The lowest BCUT2D eigenvalue weighted by Gasteiger charge is -2.13. The molecule has 4 rings (SSSR count). The van der Waals surface area contributed by atoms with Gasteiger partial charge in [-0.25, -0.2) is 4.98 Å². The van der Waals surface area contributed by atoms with Crippen molar-refractivity contribution in [3.05, 3.63) is 107 Å². The topological polar surface area (TPSA) is 27.1 Å². The average molecular weight is 389 g/mol. The molecule has 0 aliphatic carbocycles. The van der Waals surface area contributed by atoms with Gasteiger partial charge in [0.15, 0.2) is 0 Å². The molecule has 0 saturated heterocycles. The van der Waals surface area contributed by atoms with Crippen molar-refractivity contribution >= 4 is 22.6 Å². The number of imidazole rings is 1. The number of rotatable bonds is 7. The summed E-state index contributed by atoms with van der Waals surface area (Å²) < 4.78 is 8.32. The maximum Gasteiger partial charge on any atom is 0.148 e. The number of hydrogen-bond donors (Lipinski definition) is 0. The van der Waals surface area contributed by atoms with E-state index in [4.69, 9.17) is 21.3 Å². The highest BCUT2D eigenvalue weighted by atomic mass is 35.5. The molecule has 28 heavy (non-hydrogen) atoms. The van der Waals surface area contributed by atoms with E-state index >= 15 is 0 Å². The maximum absolute atomic E-state index is 6.40. The first-order valence-corrected chi connectivity index (χ1v) is 9.63. The minimum absolute atomic E-state index is 0.382. The highest BCUT2D eigenvalue weighted by Crippen LogP contribution is 2.24. The Morgan fingerprint density at radius 2 is 1.64 bits per heavy atom. The van der Waals surface area contributed by atoms with Crippen LogP contribution in [0.4, 0.5) is 0 Å². The molecule has 4 heteroatoms. The zero-order valence-electron chi connectivity index (χ0n) is 15.5. The number of allylic oxidation sites excluding steroid dienone is 1. The number of hydrogen-bond acceptors (Lipinski definition) is 2. The number of para-hydroxylation sites is 3. The van der Waals surface area contributed by atoms with E-state index in [1.165, 1.54) is 0 Å². The zero-order valence-corrected chi connectivity index (χ0v) is 16.3. The van der Waals surface area contributed by atoms with Crippen molar-refractivity contribution in [2.75, 3.05) is 0 Å². The molecule has 4 aromatic rings. The number of halogens is 1. The standard InChI is InChI=1S/C24H21ClN2O/c1-2-9-18-10-4-8-15-23(18)28-17-24-26-21-13-6-7-14-22(21)27(24)16-19-11-3-5-12-20(19)25/h2-8,10-15H,1,9,16-17H2. The zero-order chi connectivity index (χ0) is 19.3. The molecule has 0 spiro atoms. The third-order valence-electron chi connectivity index (χ3n) is 4.71. The predicted molar refractivity (Wildman–Crippen MR) is 115 cm³/mol. The highest BCUT2D eigenvalue weighted by Gasteiger charge is 2.13. The summed E-state index contributed by atoms with van der Waals surface area (Å²) in [5, 5.41) is 0.753. The van der Waals surface area contributed by atoms with Crippen molar-refractivity contribution < 1.29 is 4.74 Å². The van der Waals surface area contributed by atoms with Gasteiger partial charge in [0.1, 0.15) is 18.2 Å². The van der Waals surface area contributed by atoms with Crippen LogP contribution in [-0.2, 0) is 19.6 Å². The summed E-state index contributed by atoms with van der Waals surface area (Å²) in [5.74, 6) is 1.73. The SMILES string of the molecule is C=CCc1ccccc1OCc1nc2ccccc2n1Cc1ccccc1Cl. The second-order valence-electron chi connectivity index (χ2n) is 6.58. The summed E-state index contributed by atoms with van der Waals surface area (Å²) in [6, 6.07) is 24.1. The van der Waals surface area contributed by atoms with E-state index in [1.54, 1.807) is 0 Å². The Bertz CT molecular complexity index is 1120. The maximum atomic E-state index is 6.40. The molecular weight excluding hydrogens is 368 g/mol. The van der Waals surface area contributed by atoms with Gasteiger partial charge < -0.3 is 9.30 Å². The molecule has 0 aliphatic rings. The lowest BCUT2D eigenvalue weighted by Crippen LogP contribution is -2.09. The Morgan fingerprint density at radius 1 is 0.929 bits per heavy atom. The Hall–Kier alpha value is -3.04. The quantitative estimate of drug-likeness (QED) is 0.360. The van der Waals surface area contributed by atoms with Crippen molar-refractivity contribution in [3.63, 3.8) is 0 Å². The number of benzene rings is 3. The van der Waals surface area contributed by atoms with Gasteiger partial charge in [-0.15, -0.1) is 6.58 Å². The fourth-order valence-electron chi connectivity index (χ4n) is 3.32. The van der Waals surface area contributed by atoms with Crippen LogP contribution in [-0.4, -0.2) is 9.55 Å². The summed E-state index contributed by atoms with van der Waals surface area (Å²) in [6.45, 7) is 4.86. The van der Waals surface area contributed by atoms with E-state index in [0.717, 1.165) is 45.2 Å². The van der Waals surface area contributed by atoms with E-state index in [2.05, 4.69) is 23.3 Å². The van der Waals surface area contributed by atoms with Crippen LogP contribution >= 0.6 is 11.6 Å². The van der Waals surface area contributed by atoms with Crippen molar-refractivity contribution in [1.82, 2.24) is 9.55 Å². The molecule has 0 radical (unpaired) electrons. The van der Waals surface area contributed by atoms with Gasteiger partial charge in [0.05, 0.1) is 17.6 Å². The number of aromatic nitrogens is 2. The third kappa shape index (κ3) is 3.80. The van der Waals surface area contributed by atoms with Gasteiger partial charge in [0.2, 0.25) is 0 Å². The lowest BCUT2D eigenvalue weighted by molar-refractivity contribution is 0.289. The predicted octanol–water partition coefficient (Wildman–Crippen LogP) is 6.05. The fourth-order valence-corrected chi connectivity index (χ4v) is 3.52. The first-order valence-electron chi connectivity index (χ1n) is 9.25. The smallest absolute Gasteiger partial charge is 0.148 e. The minimum Gasteiger partial charge on any atom is -0.485 e. The molecule has 3 aromatic carbocycles. The molecule has 0 aliphatic heterocycles. The second kappa shape index (κ2) is 8.32. The Kier molecular flexibility index (Phi) is 5.45. The third-order valence-corrected chi connectivity index (χ3v) is 5.08. The van der Waals surface area contributed by atoms with E-state index in [-0.39, 0.29) is 0 Å². The largest absolute Gasteiger partial charge is 0.485 e. The van der Waals surface area contributed by atoms with Gasteiger partial charge >= 0.3 is 0 Å². The van der Waals surface area contributed by atoms with E-state index in [9.17, 15) is 0 Å². The molecule has 0 saturated carbocycles. The molecule has 0 fully saturated rings. The fraction of sp³-hybridized carbons (Fsp3) is 0.125. The minimum atomic E-state index is 0.382. The molecule has 140 valence electrons. The molecule has 0 N–H and O–H groups in total. The number of nitrogens with zero attached hydrogens (tertiary/aromatic N) is 2. The van der Waals surface area contributed by atoms with Crippen molar-refractivity contribution in [3.8, 4) is 5.75 Å². The molecule has 1 aromatic heterocycles. The van der Waals surface area contributed by atoms with Gasteiger partial charge in [-0.05, 0) is 41.8 Å². The first kappa shape index (κ1) is 18.3. The van der Waals surface area contributed by atoms with Crippen LogP contribution in [0.5, 0.6) is 5.75 Å². The monoisotopic (exact) mass is 388 g/mol. The van der Waals surface area contributed by atoms with Crippen LogP contribution in [0.25, 0.3) is 11.0 Å². The average Bonchev–Trinajstić information content (AvgIpc) is 3.07. The first-order chi connectivity index (χ1) is 13.8. The van der Waals surface area contributed by atoms with Crippen LogP contribution in [0.3, 0.4) is 0 Å². The molecule has 0 amide bonds. The summed E-state index contributed by atoms with van der Waals surface area (Å²) in [4.78, 5) is 4.80. The summed E-state index contributed by atoms with van der Waals surface area (Å²) in [7, 11) is 0. The van der Waals surface area contributed by atoms with Crippen LogP contribution in [0.1, 0.15) is 17.0 Å². The van der Waals surface area contributed by atoms with Gasteiger partial charge in [0.25, 0.3) is 0 Å². The molecule has 1 heterocycles. The molecular formula is C24H21ClN2O. The van der Waals surface area contributed by atoms with Gasteiger partial charge in [-0.1, -0.05) is 66.2 Å². The van der Waals surface area contributed by atoms with Crippen LogP contribution in [0.2, 0.25) is 5.02 Å². The molecule has 3 nitrogen and oxygen atoms in total. The van der Waals surface area contributed by atoms with Crippen molar-refractivity contribution in [2.24, 2.45) is 0 Å².